The van der Waals surface area contributed by atoms with Crippen molar-refractivity contribution in [3.63, 3.8) is 0 Å². The van der Waals surface area contributed by atoms with E-state index in [1.807, 2.05) is 0 Å². The van der Waals surface area contributed by atoms with Crippen molar-refractivity contribution in [1.82, 2.24) is 15.0 Å². The lowest BCUT2D eigenvalue weighted by atomic mass is 10.2. The van der Waals surface area contributed by atoms with E-state index in [1.165, 1.54) is 12.4 Å². The maximum Gasteiger partial charge on any atom is 0.142 e. The molecule has 5 heteroatoms. The molecule has 0 spiro atoms. The fraction of sp³-hybridized carbons (Fsp3) is 0.100. The van der Waals surface area contributed by atoms with Gasteiger partial charge in [0.05, 0.1) is 17.6 Å². The van der Waals surface area contributed by atoms with Gasteiger partial charge in [0.25, 0.3) is 0 Å². The minimum absolute atomic E-state index is 0.332. The summed E-state index contributed by atoms with van der Waals surface area (Å²) in [7, 11) is 0. The summed E-state index contributed by atoms with van der Waals surface area (Å²) in [6, 6.07) is 3.09. The van der Waals surface area contributed by atoms with Gasteiger partial charge in [-0.25, -0.2) is 14.4 Å². The summed E-state index contributed by atoms with van der Waals surface area (Å²) in [5.74, 6) is -0.389. The van der Waals surface area contributed by atoms with Crippen LogP contribution < -0.4 is 5.73 Å². The van der Waals surface area contributed by atoms with E-state index in [1.54, 1.807) is 12.3 Å². The lowest BCUT2D eigenvalue weighted by molar-refractivity contribution is 0.622. The third-order valence-corrected chi connectivity index (χ3v) is 1.93. The van der Waals surface area contributed by atoms with Gasteiger partial charge in [0.1, 0.15) is 12.1 Å². The van der Waals surface area contributed by atoms with E-state index in [2.05, 4.69) is 15.0 Å². The highest BCUT2D eigenvalue weighted by molar-refractivity contribution is 5.57. The summed E-state index contributed by atoms with van der Waals surface area (Å²) < 4.78 is 12.9. The lowest BCUT2D eigenvalue weighted by Gasteiger charge is -2.01. The van der Waals surface area contributed by atoms with Crippen LogP contribution in [-0.4, -0.2) is 15.0 Å². The SMILES string of the molecule is NCc1cc(-c2cncc(F)c2)ncn1. The maximum absolute atomic E-state index is 12.9. The highest BCUT2D eigenvalue weighted by Gasteiger charge is 2.02. The van der Waals surface area contributed by atoms with Crippen LogP contribution in [-0.2, 0) is 6.54 Å². The van der Waals surface area contributed by atoms with Crippen LogP contribution in [0.4, 0.5) is 4.39 Å². The Hall–Kier alpha value is -1.88. The molecule has 0 amide bonds. The largest absolute Gasteiger partial charge is 0.325 e. The molecule has 0 fully saturated rings. The van der Waals surface area contributed by atoms with Gasteiger partial charge in [-0.1, -0.05) is 0 Å². The normalized spacial score (nSPS) is 10.3. The van der Waals surface area contributed by atoms with Gasteiger partial charge in [0.15, 0.2) is 0 Å². The zero-order chi connectivity index (χ0) is 10.7. The summed E-state index contributed by atoms with van der Waals surface area (Å²) in [6.07, 6.45) is 4.10. The van der Waals surface area contributed by atoms with Crippen molar-refractivity contribution in [2.75, 3.05) is 0 Å². The molecule has 0 saturated carbocycles. The first-order chi connectivity index (χ1) is 7.29. The Balaban J connectivity index is 2.44. The number of hydrogen-bond acceptors (Lipinski definition) is 4. The van der Waals surface area contributed by atoms with Crippen molar-refractivity contribution in [3.05, 3.63) is 42.4 Å². The number of aromatic nitrogens is 3. The average molecular weight is 204 g/mol. The van der Waals surface area contributed by atoms with Gasteiger partial charge in [-0.2, -0.15) is 0 Å². The van der Waals surface area contributed by atoms with Crippen LogP contribution in [0.1, 0.15) is 5.69 Å². The molecule has 2 aromatic rings. The molecule has 2 rings (SSSR count). The van der Waals surface area contributed by atoms with Gasteiger partial charge in [-0.3, -0.25) is 4.98 Å². The quantitative estimate of drug-likeness (QED) is 0.796. The molecule has 0 aliphatic heterocycles. The van der Waals surface area contributed by atoms with Crippen molar-refractivity contribution >= 4 is 0 Å². The number of hydrogen-bond donors (Lipinski definition) is 1. The molecule has 4 nitrogen and oxygen atoms in total. The zero-order valence-corrected chi connectivity index (χ0v) is 7.89. The molecule has 0 bridgehead atoms. The second-order valence-corrected chi connectivity index (χ2v) is 2.99. The highest BCUT2D eigenvalue weighted by Crippen LogP contribution is 2.16. The molecule has 0 aliphatic carbocycles. The van der Waals surface area contributed by atoms with Crippen molar-refractivity contribution in [3.8, 4) is 11.3 Å². The predicted molar refractivity (Wildman–Crippen MR) is 53.1 cm³/mol. The topological polar surface area (TPSA) is 64.7 Å². The van der Waals surface area contributed by atoms with Crippen molar-refractivity contribution in [2.45, 2.75) is 6.54 Å². The summed E-state index contributed by atoms with van der Waals surface area (Å²) in [5.41, 5.74) is 7.40. The minimum atomic E-state index is -0.389. The summed E-state index contributed by atoms with van der Waals surface area (Å²) in [6.45, 7) is 0.332. The van der Waals surface area contributed by atoms with E-state index in [0.29, 0.717) is 23.5 Å². The first-order valence-corrected chi connectivity index (χ1v) is 4.41. The number of halogens is 1. The third kappa shape index (κ3) is 2.13. The molecule has 0 radical (unpaired) electrons. The Morgan fingerprint density at radius 1 is 1.20 bits per heavy atom. The van der Waals surface area contributed by atoms with E-state index in [0.717, 1.165) is 6.20 Å². The van der Waals surface area contributed by atoms with Gasteiger partial charge in [-0.05, 0) is 12.1 Å². The van der Waals surface area contributed by atoms with Crippen LogP contribution in [0, 0.1) is 5.82 Å². The average Bonchev–Trinajstić information content (AvgIpc) is 2.29. The Morgan fingerprint density at radius 3 is 2.80 bits per heavy atom. The molecule has 2 heterocycles. The highest BCUT2D eigenvalue weighted by atomic mass is 19.1. The second-order valence-electron chi connectivity index (χ2n) is 2.99. The molecule has 0 atom stereocenters. The monoisotopic (exact) mass is 204 g/mol. The van der Waals surface area contributed by atoms with Crippen LogP contribution in [0.2, 0.25) is 0 Å². The molecule has 76 valence electrons. The number of rotatable bonds is 2. The fourth-order valence-corrected chi connectivity index (χ4v) is 1.22. The standard InChI is InChI=1S/C10H9FN4/c11-8-1-7(4-13-5-8)10-2-9(3-12)14-6-15-10/h1-2,4-6H,3,12H2. The third-order valence-electron chi connectivity index (χ3n) is 1.93. The van der Waals surface area contributed by atoms with Gasteiger partial charge in [0.2, 0.25) is 0 Å². The number of nitrogens with two attached hydrogens (primary N) is 1. The molecular formula is C10H9FN4. The molecule has 0 unspecified atom stereocenters. The molecule has 0 aromatic carbocycles. The summed E-state index contributed by atoms with van der Waals surface area (Å²) >= 11 is 0. The molecule has 15 heavy (non-hydrogen) atoms. The minimum Gasteiger partial charge on any atom is -0.325 e. The van der Waals surface area contributed by atoms with E-state index < -0.39 is 0 Å². The van der Waals surface area contributed by atoms with Crippen LogP contribution >= 0.6 is 0 Å². The molecule has 2 N–H and O–H groups in total. The fourth-order valence-electron chi connectivity index (χ4n) is 1.22. The van der Waals surface area contributed by atoms with Crippen LogP contribution in [0.3, 0.4) is 0 Å². The molecule has 2 aromatic heterocycles. The van der Waals surface area contributed by atoms with Gasteiger partial charge in [-0.15, -0.1) is 0 Å². The second kappa shape index (κ2) is 4.10. The number of nitrogens with zero attached hydrogens (tertiary/aromatic N) is 3. The van der Waals surface area contributed by atoms with Crippen molar-refractivity contribution in [2.24, 2.45) is 5.73 Å². The van der Waals surface area contributed by atoms with Gasteiger partial charge >= 0.3 is 0 Å². The Bertz CT molecular complexity index is 472. The summed E-state index contributed by atoms with van der Waals surface area (Å²) in [5, 5.41) is 0. The maximum atomic E-state index is 12.9. The molecule has 0 saturated heterocycles. The smallest absolute Gasteiger partial charge is 0.142 e. The first-order valence-electron chi connectivity index (χ1n) is 4.41. The first kappa shape index (κ1) is 9.67. The van der Waals surface area contributed by atoms with E-state index in [4.69, 9.17) is 5.73 Å². The van der Waals surface area contributed by atoms with Gasteiger partial charge < -0.3 is 5.73 Å². The van der Waals surface area contributed by atoms with E-state index >= 15 is 0 Å². The summed E-state index contributed by atoms with van der Waals surface area (Å²) in [4.78, 5) is 11.7. The van der Waals surface area contributed by atoms with Crippen LogP contribution in [0.15, 0.2) is 30.9 Å². The zero-order valence-electron chi connectivity index (χ0n) is 7.89. The lowest BCUT2D eigenvalue weighted by Crippen LogP contribution is -2.00. The van der Waals surface area contributed by atoms with Crippen molar-refractivity contribution in [1.29, 1.82) is 0 Å². The van der Waals surface area contributed by atoms with Crippen LogP contribution in [0.25, 0.3) is 11.3 Å². The number of pyridine rings is 1. The van der Waals surface area contributed by atoms with E-state index in [-0.39, 0.29) is 5.82 Å². The van der Waals surface area contributed by atoms with Crippen LogP contribution in [0.5, 0.6) is 0 Å². The molecular weight excluding hydrogens is 195 g/mol. The Kier molecular flexibility index (Phi) is 2.64. The van der Waals surface area contributed by atoms with E-state index in [9.17, 15) is 4.39 Å². The molecule has 0 aliphatic rings. The Morgan fingerprint density at radius 2 is 2.07 bits per heavy atom. The Labute approximate surface area is 86.0 Å². The van der Waals surface area contributed by atoms with Crippen molar-refractivity contribution < 1.29 is 4.39 Å². The predicted octanol–water partition coefficient (Wildman–Crippen LogP) is 1.14. The van der Waals surface area contributed by atoms with Gasteiger partial charge in [0, 0.05) is 18.3 Å².